The van der Waals surface area contributed by atoms with Crippen LogP contribution >= 0.6 is 11.6 Å². The lowest BCUT2D eigenvalue weighted by Gasteiger charge is -2.30. The molecule has 1 heterocycles. The Hall–Kier alpha value is -0.690. The van der Waals surface area contributed by atoms with Crippen LogP contribution in [-0.2, 0) is 6.42 Å². The van der Waals surface area contributed by atoms with Gasteiger partial charge in [0.05, 0.1) is 0 Å². The van der Waals surface area contributed by atoms with Crippen LogP contribution in [0.1, 0.15) is 25.0 Å². The molecule has 0 saturated heterocycles. The molecule has 1 nitrogen and oxygen atoms in total. The van der Waals surface area contributed by atoms with Gasteiger partial charge in [-0.3, -0.25) is 0 Å². The van der Waals surface area contributed by atoms with Crippen molar-refractivity contribution in [3.63, 3.8) is 0 Å². The van der Waals surface area contributed by atoms with Gasteiger partial charge in [-0.1, -0.05) is 31.5 Å². The fourth-order valence-electron chi connectivity index (χ4n) is 2.22. The van der Waals surface area contributed by atoms with Crippen LogP contribution in [0, 0.1) is 18.8 Å². The fraction of sp³-hybridized carbons (Fsp3) is 0.538. The highest BCUT2D eigenvalue weighted by Gasteiger charge is 2.22. The molecule has 0 bridgehead atoms. The van der Waals surface area contributed by atoms with Gasteiger partial charge in [-0.05, 0) is 42.4 Å². The smallest absolute Gasteiger partial charge is 0.0455 e. The van der Waals surface area contributed by atoms with Gasteiger partial charge in [-0.2, -0.15) is 0 Å². The lowest BCUT2D eigenvalue weighted by atomic mass is 9.85. The molecule has 1 N–H and O–H groups in total. The number of hydrogen-bond acceptors (Lipinski definition) is 1. The Labute approximate surface area is 96.8 Å². The second-order valence-electron chi connectivity index (χ2n) is 4.80. The molecule has 82 valence electrons. The summed E-state index contributed by atoms with van der Waals surface area (Å²) in [6.45, 7) is 7.75. The van der Waals surface area contributed by atoms with E-state index in [1.54, 1.807) is 0 Å². The standard InChI is InChI=1S/C13H18ClN/c1-8(2)11-6-10-4-5-12(14)9(3)13(10)15-7-11/h4-5,8,11,15H,6-7H2,1-3H3. The van der Waals surface area contributed by atoms with Crippen LogP contribution in [0.2, 0.25) is 5.02 Å². The molecule has 0 fully saturated rings. The average molecular weight is 224 g/mol. The van der Waals surface area contributed by atoms with Gasteiger partial charge < -0.3 is 5.32 Å². The summed E-state index contributed by atoms with van der Waals surface area (Å²) in [5, 5.41) is 4.38. The number of fused-ring (bicyclic) bond motifs is 1. The minimum absolute atomic E-state index is 0.738. The molecule has 1 unspecified atom stereocenters. The largest absolute Gasteiger partial charge is 0.384 e. The van der Waals surface area contributed by atoms with Crippen molar-refractivity contribution in [3.8, 4) is 0 Å². The Bertz CT molecular complexity index is 371. The zero-order valence-corrected chi connectivity index (χ0v) is 10.4. The van der Waals surface area contributed by atoms with Gasteiger partial charge >= 0.3 is 0 Å². The van der Waals surface area contributed by atoms with E-state index in [-0.39, 0.29) is 0 Å². The Kier molecular flexibility index (Phi) is 2.92. The maximum Gasteiger partial charge on any atom is 0.0455 e. The highest BCUT2D eigenvalue weighted by molar-refractivity contribution is 6.31. The van der Waals surface area contributed by atoms with E-state index in [1.165, 1.54) is 23.2 Å². The van der Waals surface area contributed by atoms with Gasteiger partial charge in [-0.15, -0.1) is 0 Å². The first kappa shape index (κ1) is 10.8. The van der Waals surface area contributed by atoms with Gasteiger partial charge in [-0.25, -0.2) is 0 Å². The topological polar surface area (TPSA) is 12.0 Å². The molecule has 1 aromatic rings. The van der Waals surface area contributed by atoms with Gasteiger partial charge in [0.2, 0.25) is 0 Å². The van der Waals surface area contributed by atoms with Crippen LogP contribution in [0.3, 0.4) is 0 Å². The molecular formula is C13H18ClN. The van der Waals surface area contributed by atoms with E-state index in [0.717, 1.165) is 23.4 Å². The lowest BCUT2D eigenvalue weighted by molar-refractivity contribution is 0.393. The van der Waals surface area contributed by atoms with Crippen molar-refractivity contribution in [2.24, 2.45) is 11.8 Å². The van der Waals surface area contributed by atoms with Gasteiger partial charge in [0.15, 0.2) is 0 Å². The third kappa shape index (κ3) is 1.98. The zero-order chi connectivity index (χ0) is 11.0. The van der Waals surface area contributed by atoms with E-state index in [0.29, 0.717) is 0 Å². The summed E-state index contributed by atoms with van der Waals surface area (Å²) in [7, 11) is 0. The Morgan fingerprint density at radius 2 is 2.13 bits per heavy atom. The highest BCUT2D eigenvalue weighted by Crippen LogP contribution is 2.34. The molecule has 0 amide bonds. The van der Waals surface area contributed by atoms with Crippen LogP contribution in [0.25, 0.3) is 0 Å². The molecule has 15 heavy (non-hydrogen) atoms. The molecule has 0 aromatic heterocycles. The minimum Gasteiger partial charge on any atom is -0.384 e. The predicted octanol–water partition coefficient (Wildman–Crippen LogP) is 3.89. The van der Waals surface area contributed by atoms with Crippen molar-refractivity contribution in [2.45, 2.75) is 27.2 Å². The van der Waals surface area contributed by atoms with Crippen molar-refractivity contribution >= 4 is 17.3 Å². The molecule has 0 aliphatic carbocycles. The molecule has 1 aliphatic heterocycles. The third-order valence-corrected chi connectivity index (χ3v) is 3.86. The summed E-state index contributed by atoms with van der Waals surface area (Å²) in [6.07, 6.45) is 1.18. The monoisotopic (exact) mass is 223 g/mol. The zero-order valence-electron chi connectivity index (χ0n) is 9.60. The number of benzene rings is 1. The first-order valence-electron chi connectivity index (χ1n) is 5.61. The summed E-state index contributed by atoms with van der Waals surface area (Å²) in [6, 6.07) is 4.17. The van der Waals surface area contributed by atoms with E-state index in [4.69, 9.17) is 11.6 Å². The average Bonchev–Trinajstić information content (AvgIpc) is 2.23. The summed E-state index contributed by atoms with van der Waals surface area (Å²) in [5.74, 6) is 1.49. The Balaban J connectivity index is 2.32. The van der Waals surface area contributed by atoms with Crippen LogP contribution in [0.4, 0.5) is 5.69 Å². The van der Waals surface area contributed by atoms with E-state index in [9.17, 15) is 0 Å². The molecule has 1 atom stereocenters. The van der Waals surface area contributed by atoms with E-state index in [1.807, 2.05) is 6.07 Å². The Morgan fingerprint density at radius 3 is 2.80 bits per heavy atom. The summed E-state index contributed by atoms with van der Waals surface area (Å²) in [4.78, 5) is 0. The van der Waals surface area contributed by atoms with Crippen molar-refractivity contribution in [3.05, 3.63) is 28.3 Å². The molecule has 0 spiro atoms. The molecule has 2 rings (SSSR count). The van der Waals surface area contributed by atoms with Crippen molar-refractivity contribution in [1.29, 1.82) is 0 Å². The molecule has 1 aliphatic rings. The van der Waals surface area contributed by atoms with Crippen molar-refractivity contribution in [2.75, 3.05) is 11.9 Å². The number of hydrogen-bond donors (Lipinski definition) is 1. The highest BCUT2D eigenvalue weighted by atomic mass is 35.5. The maximum absolute atomic E-state index is 6.10. The summed E-state index contributed by atoms with van der Waals surface area (Å²) in [5.41, 5.74) is 3.87. The molecule has 1 aromatic carbocycles. The third-order valence-electron chi connectivity index (χ3n) is 3.45. The molecular weight excluding hydrogens is 206 g/mol. The summed E-state index contributed by atoms with van der Waals surface area (Å²) < 4.78 is 0. The predicted molar refractivity (Wildman–Crippen MR) is 66.7 cm³/mol. The number of anilines is 1. The van der Waals surface area contributed by atoms with E-state index < -0.39 is 0 Å². The first-order chi connectivity index (χ1) is 7.09. The second kappa shape index (κ2) is 4.05. The van der Waals surface area contributed by atoms with Crippen molar-refractivity contribution in [1.82, 2.24) is 0 Å². The van der Waals surface area contributed by atoms with Crippen LogP contribution in [0.5, 0.6) is 0 Å². The second-order valence-corrected chi connectivity index (χ2v) is 5.20. The number of halogens is 1. The first-order valence-corrected chi connectivity index (χ1v) is 5.99. The van der Waals surface area contributed by atoms with Crippen molar-refractivity contribution < 1.29 is 0 Å². The maximum atomic E-state index is 6.10. The fourth-order valence-corrected chi connectivity index (χ4v) is 2.38. The van der Waals surface area contributed by atoms with Crippen LogP contribution in [-0.4, -0.2) is 6.54 Å². The quantitative estimate of drug-likeness (QED) is 0.762. The van der Waals surface area contributed by atoms with Crippen LogP contribution < -0.4 is 5.32 Å². The number of rotatable bonds is 1. The van der Waals surface area contributed by atoms with Gasteiger partial charge in [0.25, 0.3) is 0 Å². The molecule has 0 radical (unpaired) electrons. The van der Waals surface area contributed by atoms with Crippen LogP contribution in [0.15, 0.2) is 12.1 Å². The van der Waals surface area contributed by atoms with Gasteiger partial charge in [0.1, 0.15) is 0 Å². The van der Waals surface area contributed by atoms with E-state index in [2.05, 4.69) is 32.2 Å². The molecule has 0 saturated carbocycles. The SMILES string of the molecule is Cc1c(Cl)ccc2c1NCC(C(C)C)C2. The molecule has 2 heteroatoms. The van der Waals surface area contributed by atoms with E-state index >= 15 is 0 Å². The summed E-state index contributed by atoms with van der Waals surface area (Å²) >= 11 is 6.10. The number of nitrogens with one attached hydrogen (secondary N) is 1. The van der Waals surface area contributed by atoms with Gasteiger partial charge in [0, 0.05) is 17.3 Å². The minimum atomic E-state index is 0.738. The Morgan fingerprint density at radius 1 is 1.40 bits per heavy atom. The normalized spacial score (nSPS) is 19.9. The lowest BCUT2D eigenvalue weighted by Crippen LogP contribution is -2.27.